The number of rotatable bonds is 10. The molecule has 0 aliphatic heterocycles. The molecule has 0 saturated heterocycles. The highest BCUT2D eigenvalue weighted by Crippen LogP contribution is 2.23. The number of carboxylic acids is 1. The molecule has 0 radical (unpaired) electrons. The predicted molar refractivity (Wildman–Crippen MR) is 111 cm³/mol. The number of aryl methyl sites for hydroxylation is 2. The van der Waals surface area contributed by atoms with Gasteiger partial charge in [0.2, 0.25) is 0 Å². The number of nitrogens with zero attached hydrogens (tertiary/aromatic N) is 1. The number of aliphatic carboxylic acids is 1. The Morgan fingerprint density at radius 3 is 2.21 bits per heavy atom. The average molecular weight is 399 g/mol. The number of Topliss-reactive ketones (excluding diaryl/α,β-unsaturated/α-hetero) is 2. The second kappa shape index (κ2) is 9.54. The van der Waals surface area contributed by atoms with Crippen molar-refractivity contribution in [2.45, 2.75) is 59.6 Å². The van der Waals surface area contributed by atoms with Crippen molar-refractivity contribution < 1.29 is 24.2 Å². The maximum absolute atomic E-state index is 12.9. The third kappa shape index (κ3) is 5.79. The van der Waals surface area contributed by atoms with Crippen LogP contribution in [0.2, 0.25) is 0 Å². The summed E-state index contributed by atoms with van der Waals surface area (Å²) in [7, 11) is 0. The number of benzene rings is 1. The van der Waals surface area contributed by atoms with Crippen LogP contribution in [0.4, 0.5) is 0 Å². The van der Waals surface area contributed by atoms with E-state index in [2.05, 4.69) is 0 Å². The van der Waals surface area contributed by atoms with E-state index in [9.17, 15) is 14.4 Å². The number of ether oxygens (including phenoxy) is 1. The van der Waals surface area contributed by atoms with Gasteiger partial charge in [0.05, 0.1) is 6.04 Å². The molecule has 0 bridgehead atoms. The summed E-state index contributed by atoms with van der Waals surface area (Å²) in [5.74, 6) is -0.718. The summed E-state index contributed by atoms with van der Waals surface area (Å²) in [6.07, 6.45) is 2.87. The zero-order valence-electron chi connectivity index (χ0n) is 17.6. The Labute approximate surface area is 171 Å². The fourth-order valence-corrected chi connectivity index (χ4v) is 3.08. The minimum atomic E-state index is -0.926. The molecule has 1 aromatic heterocycles. The SMILES string of the molecule is Cc1ccc(OC(C)C(=O)C(C)n2cc(CCC(=O)O)c(C(=O)C(C)C)c2)cc1. The molecule has 0 aliphatic rings. The molecule has 2 atom stereocenters. The monoisotopic (exact) mass is 399 g/mol. The second-order valence-corrected chi connectivity index (χ2v) is 7.71. The minimum absolute atomic E-state index is 0.0623. The lowest BCUT2D eigenvalue weighted by Crippen LogP contribution is -2.30. The molecule has 1 aromatic carbocycles. The fraction of sp³-hybridized carbons (Fsp3) is 0.435. The summed E-state index contributed by atoms with van der Waals surface area (Å²) in [4.78, 5) is 36.4. The van der Waals surface area contributed by atoms with E-state index in [0.717, 1.165) is 5.56 Å². The van der Waals surface area contributed by atoms with Crippen molar-refractivity contribution in [1.82, 2.24) is 4.57 Å². The molecule has 0 amide bonds. The molecule has 0 spiro atoms. The van der Waals surface area contributed by atoms with E-state index in [1.54, 1.807) is 44.7 Å². The zero-order chi connectivity index (χ0) is 21.7. The van der Waals surface area contributed by atoms with Crippen LogP contribution in [0.15, 0.2) is 36.7 Å². The van der Waals surface area contributed by atoms with E-state index in [-0.39, 0.29) is 30.3 Å². The van der Waals surface area contributed by atoms with E-state index in [0.29, 0.717) is 16.9 Å². The first-order chi connectivity index (χ1) is 13.6. The van der Waals surface area contributed by atoms with Crippen LogP contribution in [-0.2, 0) is 16.0 Å². The Kier molecular flexibility index (Phi) is 7.37. The molecule has 2 aromatic rings. The Morgan fingerprint density at radius 1 is 1.03 bits per heavy atom. The summed E-state index contributed by atoms with van der Waals surface area (Å²) in [6.45, 7) is 9.03. The highest BCUT2D eigenvalue weighted by molar-refractivity contribution is 5.99. The van der Waals surface area contributed by atoms with E-state index in [1.807, 2.05) is 31.2 Å². The van der Waals surface area contributed by atoms with Crippen molar-refractivity contribution in [2.75, 3.05) is 0 Å². The second-order valence-electron chi connectivity index (χ2n) is 7.71. The van der Waals surface area contributed by atoms with Gasteiger partial charge in [0.1, 0.15) is 5.75 Å². The first-order valence-electron chi connectivity index (χ1n) is 9.83. The molecular formula is C23H29NO5. The van der Waals surface area contributed by atoms with Crippen LogP contribution in [0, 0.1) is 12.8 Å². The zero-order valence-corrected chi connectivity index (χ0v) is 17.6. The number of ketones is 2. The van der Waals surface area contributed by atoms with Crippen LogP contribution < -0.4 is 4.74 Å². The third-order valence-electron chi connectivity index (χ3n) is 4.92. The van der Waals surface area contributed by atoms with Gasteiger partial charge in [0.15, 0.2) is 17.7 Å². The molecule has 0 aliphatic carbocycles. The van der Waals surface area contributed by atoms with Gasteiger partial charge in [-0.2, -0.15) is 0 Å². The van der Waals surface area contributed by atoms with Gasteiger partial charge < -0.3 is 14.4 Å². The number of hydrogen-bond donors (Lipinski definition) is 1. The van der Waals surface area contributed by atoms with Crippen molar-refractivity contribution in [3.05, 3.63) is 53.3 Å². The van der Waals surface area contributed by atoms with Crippen molar-refractivity contribution in [1.29, 1.82) is 0 Å². The first kappa shape index (κ1) is 22.4. The molecule has 6 nitrogen and oxygen atoms in total. The molecule has 6 heteroatoms. The quantitative estimate of drug-likeness (QED) is 0.604. The van der Waals surface area contributed by atoms with Gasteiger partial charge in [0, 0.05) is 30.3 Å². The minimum Gasteiger partial charge on any atom is -0.483 e. The molecule has 1 heterocycles. The lowest BCUT2D eigenvalue weighted by molar-refractivity contribution is -0.137. The molecule has 0 fully saturated rings. The van der Waals surface area contributed by atoms with Gasteiger partial charge in [-0.25, -0.2) is 0 Å². The number of hydrogen-bond acceptors (Lipinski definition) is 4. The van der Waals surface area contributed by atoms with Gasteiger partial charge in [-0.15, -0.1) is 0 Å². The van der Waals surface area contributed by atoms with Crippen LogP contribution in [0.25, 0.3) is 0 Å². The van der Waals surface area contributed by atoms with E-state index in [4.69, 9.17) is 9.84 Å². The summed E-state index contributed by atoms with van der Waals surface area (Å²) >= 11 is 0. The average Bonchev–Trinajstić information content (AvgIpc) is 3.10. The van der Waals surface area contributed by atoms with Gasteiger partial charge in [-0.1, -0.05) is 31.5 Å². The Hall–Kier alpha value is -2.89. The van der Waals surface area contributed by atoms with Crippen LogP contribution in [-0.4, -0.2) is 33.3 Å². The maximum Gasteiger partial charge on any atom is 0.303 e. The van der Waals surface area contributed by atoms with E-state index in [1.165, 1.54) is 0 Å². The van der Waals surface area contributed by atoms with Gasteiger partial charge in [-0.05, 0) is 44.9 Å². The number of carbonyl (C=O) groups is 3. The molecule has 0 saturated carbocycles. The van der Waals surface area contributed by atoms with Gasteiger partial charge >= 0.3 is 5.97 Å². The molecule has 2 rings (SSSR count). The van der Waals surface area contributed by atoms with Crippen molar-refractivity contribution in [3.8, 4) is 5.75 Å². The molecular weight excluding hydrogens is 370 g/mol. The Balaban J connectivity index is 2.21. The molecule has 156 valence electrons. The highest BCUT2D eigenvalue weighted by Gasteiger charge is 2.26. The van der Waals surface area contributed by atoms with Crippen molar-refractivity contribution in [3.63, 3.8) is 0 Å². The standard InChI is InChI=1S/C23H29NO5/c1-14(2)22(27)20-13-24(12-18(20)8-11-21(25)26)16(4)23(28)17(5)29-19-9-6-15(3)7-10-19/h6-7,9-10,12-14,16-17H,8,11H2,1-5H3,(H,25,26). The largest absolute Gasteiger partial charge is 0.483 e. The predicted octanol–water partition coefficient (Wildman–Crippen LogP) is 4.25. The normalized spacial score (nSPS) is 13.2. The summed E-state index contributed by atoms with van der Waals surface area (Å²) < 4.78 is 7.45. The number of aromatic nitrogens is 1. The first-order valence-corrected chi connectivity index (χ1v) is 9.83. The van der Waals surface area contributed by atoms with Gasteiger partial charge in [0.25, 0.3) is 0 Å². The van der Waals surface area contributed by atoms with Crippen LogP contribution >= 0.6 is 0 Å². The lowest BCUT2D eigenvalue weighted by atomic mass is 9.98. The van der Waals surface area contributed by atoms with E-state index < -0.39 is 18.1 Å². The third-order valence-corrected chi connectivity index (χ3v) is 4.92. The van der Waals surface area contributed by atoms with Crippen LogP contribution in [0.5, 0.6) is 5.75 Å². The summed E-state index contributed by atoms with van der Waals surface area (Å²) in [5.41, 5.74) is 2.24. The van der Waals surface area contributed by atoms with E-state index >= 15 is 0 Å². The van der Waals surface area contributed by atoms with Crippen molar-refractivity contribution >= 4 is 17.5 Å². The van der Waals surface area contributed by atoms with Crippen LogP contribution in [0.3, 0.4) is 0 Å². The Morgan fingerprint density at radius 2 is 1.66 bits per heavy atom. The molecule has 2 unspecified atom stereocenters. The summed E-state index contributed by atoms with van der Waals surface area (Å²) in [5, 5.41) is 8.99. The topological polar surface area (TPSA) is 85.6 Å². The smallest absolute Gasteiger partial charge is 0.303 e. The number of carbonyl (C=O) groups excluding carboxylic acids is 2. The summed E-state index contributed by atoms with van der Waals surface area (Å²) in [6, 6.07) is 6.93. The molecule has 1 N–H and O–H groups in total. The highest BCUT2D eigenvalue weighted by atomic mass is 16.5. The fourth-order valence-electron chi connectivity index (χ4n) is 3.08. The van der Waals surface area contributed by atoms with Gasteiger partial charge in [-0.3, -0.25) is 14.4 Å². The molecule has 29 heavy (non-hydrogen) atoms. The van der Waals surface area contributed by atoms with Crippen molar-refractivity contribution in [2.24, 2.45) is 5.92 Å². The van der Waals surface area contributed by atoms with Crippen LogP contribution in [0.1, 0.15) is 61.6 Å². The lowest BCUT2D eigenvalue weighted by Gasteiger charge is -2.19. The maximum atomic E-state index is 12.9. The Bertz CT molecular complexity index is 879. The number of carboxylic acid groups (broad SMARTS) is 1.